The van der Waals surface area contributed by atoms with Crippen LogP contribution >= 0.6 is 0 Å². The van der Waals surface area contributed by atoms with E-state index < -0.39 is 56.2 Å². The predicted molar refractivity (Wildman–Crippen MR) is 61.2 cm³/mol. The van der Waals surface area contributed by atoms with Gasteiger partial charge in [0, 0.05) is 4.91 Å². The molecule has 0 aliphatic carbocycles. The maximum Gasteiger partial charge on any atom is 0.562 e. The van der Waals surface area contributed by atoms with Gasteiger partial charge in [0.1, 0.15) is 26.4 Å². The minimum atomic E-state index is -4.32. The first-order chi connectivity index (χ1) is 10.6. The Morgan fingerprint density at radius 3 is 1.39 bits per heavy atom. The molecule has 0 aromatic carbocycles. The summed E-state index contributed by atoms with van der Waals surface area (Å²) < 4.78 is 26.1. The van der Waals surface area contributed by atoms with Crippen LogP contribution in [0.1, 0.15) is 0 Å². The van der Waals surface area contributed by atoms with Crippen molar-refractivity contribution in [2.24, 2.45) is 5.11 Å². The molecular weight excluding hydrogens is 338 g/mol. The summed E-state index contributed by atoms with van der Waals surface area (Å²) in [6.45, 7) is -7.02. The van der Waals surface area contributed by atoms with Crippen LogP contribution in [-0.2, 0) is 0 Å². The number of halogens is 2. The van der Waals surface area contributed by atoms with Crippen molar-refractivity contribution in [3.63, 3.8) is 0 Å². The predicted octanol–water partition coefficient (Wildman–Crippen LogP) is -0.0904. The first-order valence-corrected chi connectivity index (χ1v) is 5.08. The molecule has 0 unspecified atom stereocenters. The number of azide groups is 1. The Hall–Kier alpha value is -3.27. The SMILES string of the molecule is [N-]=[N+]=NCN(C(CF)([N+](=O)[O-])[N+](=O)[O-])C(CF)([N+](=O)[O-])[N+](=O)[O-]. The van der Waals surface area contributed by atoms with Crippen LogP contribution in [0, 0.1) is 40.5 Å². The van der Waals surface area contributed by atoms with Crippen LogP contribution in [0.3, 0.4) is 0 Å². The van der Waals surface area contributed by atoms with E-state index in [1.165, 1.54) is 0 Å². The van der Waals surface area contributed by atoms with E-state index in [-0.39, 0.29) is 0 Å². The molecule has 0 aromatic rings. The molecule has 0 rings (SSSR count). The molecule has 0 bridgehead atoms. The van der Waals surface area contributed by atoms with Gasteiger partial charge in [-0.3, -0.25) is 40.5 Å². The van der Waals surface area contributed by atoms with Crippen LogP contribution < -0.4 is 0 Å². The summed E-state index contributed by atoms with van der Waals surface area (Å²) in [5, 5.41) is 46.0. The Morgan fingerprint density at radius 1 is 0.913 bits per heavy atom. The van der Waals surface area contributed by atoms with Gasteiger partial charge in [-0.2, -0.15) is 0 Å². The summed E-state index contributed by atoms with van der Waals surface area (Å²) in [5.41, 5.74) is 8.11. The van der Waals surface area contributed by atoms with Gasteiger partial charge in [-0.15, -0.1) is 0 Å². The van der Waals surface area contributed by atoms with Gasteiger partial charge >= 0.3 is 11.6 Å². The number of nitrogens with zero attached hydrogens (tertiary/aromatic N) is 8. The average Bonchev–Trinajstić information content (AvgIpc) is 2.44. The van der Waals surface area contributed by atoms with Gasteiger partial charge < -0.3 is 0 Å². The Bertz CT molecular complexity index is 509. The molecule has 0 saturated heterocycles. The van der Waals surface area contributed by atoms with Crippen LogP contribution in [0.2, 0.25) is 0 Å². The number of nitro groups is 4. The van der Waals surface area contributed by atoms with E-state index in [1.807, 2.05) is 4.91 Å². The average molecular weight is 344 g/mol. The minimum absolute atomic E-state index is 0.973. The third-order valence-corrected chi connectivity index (χ3v) is 2.66. The van der Waals surface area contributed by atoms with Gasteiger partial charge in [-0.05, 0) is 10.4 Å². The van der Waals surface area contributed by atoms with Crippen molar-refractivity contribution in [1.82, 2.24) is 4.90 Å². The lowest BCUT2D eigenvalue weighted by molar-refractivity contribution is -0.894. The minimum Gasteiger partial charge on any atom is -0.257 e. The van der Waals surface area contributed by atoms with Crippen molar-refractivity contribution >= 4 is 0 Å². The van der Waals surface area contributed by atoms with Gasteiger partial charge in [-0.25, -0.2) is 8.78 Å². The van der Waals surface area contributed by atoms with Crippen molar-refractivity contribution in [3.05, 3.63) is 50.9 Å². The van der Waals surface area contributed by atoms with Crippen LogP contribution in [-0.4, -0.2) is 56.2 Å². The zero-order valence-corrected chi connectivity index (χ0v) is 10.7. The zero-order chi connectivity index (χ0) is 18.4. The molecule has 0 fully saturated rings. The van der Waals surface area contributed by atoms with E-state index in [4.69, 9.17) is 5.53 Å². The van der Waals surface area contributed by atoms with Gasteiger partial charge in [0.15, 0.2) is 0 Å². The van der Waals surface area contributed by atoms with Crippen molar-refractivity contribution in [2.45, 2.75) is 11.6 Å². The topological polar surface area (TPSA) is 225 Å². The van der Waals surface area contributed by atoms with Crippen molar-refractivity contribution in [2.75, 3.05) is 20.0 Å². The van der Waals surface area contributed by atoms with E-state index in [2.05, 4.69) is 5.11 Å². The molecule has 0 saturated carbocycles. The van der Waals surface area contributed by atoms with E-state index in [1.54, 1.807) is 0 Å². The van der Waals surface area contributed by atoms with E-state index in [0.29, 0.717) is 0 Å². The maximum atomic E-state index is 13.1. The molecular formula is C5H6F2N8O8. The molecule has 0 aliphatic heterocycles. The quantitative estimate of drug-likeness (QED) is 0.128. The molecule has 18 heteroatoms. The highest BCUT2D eigenvalue weighted by Gasteiger charge is 2.79. The summed E-state index contributed by atoms with van der Waals surface area (Å²) in [4.78, 5) is 36.4. The lowest BCUT2D eigenvalue weighted by Crippen LogP contribution is -2.74. The Balaban J connectivity index is 6.79. The molecule has 0 atom stereocenters. The van der Waals surface area contributed by atoms with E-state index in [9.17, 15) is 49.2 Å². The van der Waals surface area contributed by atoms with Crippen LogP contribution in [0.15, 0.2) is 5.11 Å². The summed E-state index contributed by atoms with van der Waals surface area (Å²) in [5.74, 6) is -8.64. The fourth-order valence-electron chi connectivity index (χ4n) is 1.47. The third-order valence-electron chi connectivity index (χ3n) is 2.66. The van der Waals surface area contributed by atoms with Crippen LogP contribution in [0.5, 0.6) is 0 Å². The zero-order valence-electron chi connectivity index (χ0n) is 10.7. The second-order valence-electron chi connectivity index (χ2n) is 3.64. The highest BCUT2D eigenvalue weighted by molar-refractivity contribution is 4.78. The van der Waals surface area contributed by atoms with Crippen molar-refractivity contribution < 1.29 is 28.5 Å². The van der Waals surface area contributed by atoms with Gasteiger partial charge in [0.05, 0.1) is 0 Å². The summed E-state index contributed by atoms with van der Waals surface area (Å²) >= 11 is 0. The van der Waals surface area contributed by atoms with Crippen LogP contribution in [0.25, 0.3) is 10.4 Å². The highest BCUT2D eigenvalue weighted by Crippen LogP contribution is 2.30. The first kappa shape index (κ1) is 19.7. The van der Waals surface area contributed by atoms with Gasteiger partial charge in [0.2, 0.25) is 13.3 Å². The molecule has 16 nitrogen and oxygen atoms in total. The lowest BCUT2D eigenvalue weighted by Gasteiger charge is -2.28. The largest absolute Gasteiger partial charge is 0.562 e. The van der Waals surface area contributed by atoms with Crippen LogP contribution in [0.4, 0.5) is 8.78 Å². The standard InChI is InChI=1S/C5H6F2N8O8/c6-1-4(12(16)17,13(18)19)11(3-9-10-8)5(2-7,14(20)21)15(22)23/h1-3H2. The first-order valence-electron chi connectivity index (χ1n) is 5.08. The maximum absolute atomic E-state index is 13.1. The third kappa shape index (κ3) is 2.87. The fraction of sp³-hybridized carbons (Fsp3) is 1.00. The smallest absolute Gasteiger partial charge is 0.257 e. The molecule has 23 heavy (non-hydrogen) atoms. The summed E-state index contributed by atoms with van der Waals surface area (Å²) in [7, 11) is 0. The van der Waals surface area contributed by atoms with E-state index in [0.717, 1.165) is 0 Å². The molecule has 0 aliphatic rings. The molecule has 0 heterocycles. The number of hydrogen-bond donors (Lipinski definition) is 0. The number of hydrogen-bond acceptors (Lipinski definition) is 10. The lowest BCUT2D eigenvalue weighted by atomic mass is 10.2. The second-order valence-corrected chi connectivity index (χ2v) is 3.64. The molecule has 0 spiro atoms. The normalized spacial score (nSPS) is 11.6. The molecule has 0 aromatic heterocycles. The molecule has 128 valence electrons. The monoisotopic (exact) mass is 344 g/mol. The fourth-order valence-corrected chi connectivity index (χ4v) is 1.47. The van der Waals surface area contributed by atoms with Gasteiger partial charge in [-0.1, -0.05) is 5.11 Å². The number of alkyl halides is 2. The molecule has 0 N–H and O–H groups in total. The Morgan fingerprint density at radius 2 is 1.22 bits per heavy atom. The summed E-state index contributed by atoms with van der Waals surface area (Å²) in [6, 6.07) is 0. The Labute approximate surface area is 122 Å². The van der Waals surface area contributed by atoms with E-state index >= 15 is 0 Å². The summed E-state index contributed by atoms with van der Waals surface area (Å²) in [6.07, 6.45) is 0. The molecule has 0 radical (unpaired) electrons. The molecule has 0 amide bonds. The number of rotatable bonds is 10. The second kappa shape index (κ2) is 7.13. The highest BCUT2D eigenvalue weighted by atomic mass is 19.1. The Kier molecular flexibility index (Phi) is 6.12. The van der Waals surface area contributed by atoms with Crippen molar-refractivity contribution in [1.29, 1.82) is 0 Å². The van der Waals surface area contributed by atoms with Crippen molar-refractivity contribution in [3.8, 4) is 0 Å². The van der Waals surface area contributed by atoms with Gasteiger partial charge in [0.25, 0.3) is 0 Å².